The zero-order chi connectivity index (χ0) is 71.0. The Kier molecular flexibility index (Phi) is 19.5. The van der Waals surface area contributed by atoms with Crippen molar-refractivity contribution in [2.75, 3.05) is 56.6 Å². The number of phenols is 4. The topological polar surface area (TPSA) is 380 Å². The lowest BCUT2D eigenvalue weighted by Gasteiger charge is -2.59. The Bertz CT molecular complexity index is 3760. The summed E-state index contributed by atoms with van der Waals surface area (Å²) in [6, 6.07) is -0.945. The van der Waals surface area contributed by atoms with Gasteiger partial charge in [-0.05, 0) is 105 Å². The third kappa shape index (κ3) is 10.9. The van der Waals surface area contributed by atoms with E-state index in [-0.39, 0.29) is 48.8 Å². The number of benzene rings is 2. The van der Waals surface area contributed by atoms with E-state index in [1.807, 2.05) is 0 Å². The van der Waals surface area contributed by atoms with Crippen molar-refractivity contribution in [3.8, 4) is 23.0 Å². The van der Waals surface area contributed by atoms with Crippen LogP contribution in [-0.4, -0.2) is 253 Å². The number of rotatable bonds is 18. The van der Waals surface area contributed by atoms with Crippen LogP contribution >= 0.6 is 0 Å². The van der Waals surface area contributed by atoms with E-state index in [9.17, 15) is 50.9 Å². The molecule has 4 heterocycles. The van der Waals surface area contributed by atoms with E-state index in [4.69, 9.17) is 56.8 Å². The standard InChI is InChI=1S/C70H88N4O24/c1-15-69(97-42-24-38(87-11)65(89-13)28(5)93-42)54(63(85)45-31(67(69)95-40-22-36(79)57(73(7)8)26(3)91-40)21-30-44(45)60(82)47-33(76)18-17-32(75)46(47)59(30)81)55-64(86)51-50-52(62(84)49-35(78)20-19-34(77)48(49)61(50)83)56(72-71)53(51)68(96-41-23-37(80)58(74(9)10)27(4)92-41)70(55,16-2)98-43-25-39(88-12)66(90-14)29(6)94-43/h17-21,26-29,36-43,54-58,65-68,72,75-76,79-81,83-84H,15-16,22-25H2,1-14H3/t26-,27-,28-,29-,36-,37-,38-,39-,40+,41+,42-,43-,54-,55-,56?,57-,58-,65-,66-,67+,68+,69-,70-/m0/s1. The zero-order valence-corrected chi connectivity index (χ0v) is 57.2. The van der Waals surface area contributed by atoms with E-state index in [2.05, 4.69) is 5.11 Å². The summed E-state index contributed by atoms with van der Waals surface area (Å²) in [4.78, 5) is 83.3. The van der Waals surface area contributed by atoms with E-state index in [1.165, 1.54) is 34.5 Å². The van der Waals surface area contributed by atoms with Crippen LogP contribution in [-0.2, 0) is 66.4 Å². The fourth-order valence-electron chi connectivity index (χ4n) is 17.9. The number of fused-ring (bicyclic) bond motifs is 6. The van der Waals surface area contributed by atoms with Crippen molar-refractivity contribution in [2.24, 2.45) is 11.8 Å². The van der Waals surface area contributed by atoms with Crippen LogP contribution in [0.15, 0.2) is 58.2 Å². The summed E-state index contributed by atoms with van der Waals surface area (Å²) < 4.78 is 81.2. The average Bonchev–Trinajstić information content (AvgIpc) is 1.54. The van der Waals surface area contributed by atoms with Gasteiger partial charge in [0.15, 0.2) is 60.1 Å². The molecular formula is C70H88N4O24. The number of allylic oxidation sites excluding steroid dienone is 6. The zero-order valence-electron chi connectivity index (χ0n) is 57.2. The number of aliphatic hydroxyl groups is 3. The van der Waals surface area contributed by atoms with Crippen LogP contribution in [0.4, 0.5) is 0 Å². The molecule has 8 N–H and O–H groups in total. The lowest BCUT2D eigenvalue weighted by atomic mass is 9.54. The molecule has 0 aromatic heterocycles. The molecule has 10 aliphatic rings. The molecule has 6 aliphatic carbocycles. The van der Waals surface area contributed by atoms with Crippen LogP contribution in [0.3, 0.4) is 0 Å². The number of ketones is 5. The van der Waals surface area contributed by atoms with Gasteiger partial charge in [0.25, 0.3) is 0 Å². The molecule has 12 rings (SSSR count). The Morgan fingerprint density at radius 1 is 0.561 bits per heavy atom. The molecule has 98 heavy (non-hydrogen) atoms. The highest BCUT2D eigenvalue weighted by Crippen LogP contribution is 2.65. The molecule has 2 aromatic carbocycles. The molecule has 1 saturated carbocycles. The van der Waals surface area contributed by atoms with Crippen LogP contribution in [0.5, 0.6) is 23.0 Å². The smallest absolute Gasteiger partial charge is 0.199 e. The van der Waals surface area contributed by atoms with Gasteiger partial charge >= 0.3 is 0 Å². The minimum absolute atomic E-state index is 0.119. The molecule has 28 heteroatoms. The first-order valence-electron chi connectivity index (χ1n) is 33.2. The number of carbonyl (C=O) groups is 5. The molecule has 532 valence electrons. The number of aliphatic hydroxyl groups excluding tert-OH is 3. The molecule has 0 bridgehead atoms. The van der Waals surface area contributed by atoms with Gasteiger partial charge in [-0.2, -0.15) is 0 Å². The number of phenolic OH excluding ortho intramolecular Hbond substituents is 4. The third-order valence-corrected chi connectivity index (χ3v) is 22.1. The Labute approximate surface area is 566 Å². The maximum atomic E-state index is 18.0. The second-order valence-electron chi connectivity index (χ2n) is 27.6. The first-order chi connectivity index (χ1) is 46.5. The van der Waals surface area contributed by atoms with Gasteiger partial charge in [-0.3, -0.25) is 24.0 Å². The highest BCUT2D eigenvalue weighted by Gasteiger charge is 2.73. The number of Topliss-reactive ketones (excluding diaryl/α,β-unsaturated/α-hetero) is 3. The average molecular weight is 1370 g/mol. The summed E-state index contributed by atoms with van der Waals surface area (Å²) in [7, 11) is 12.9. The summed E-state index contributed by atoms with van der Waals surface area (Å²) in [5.74, 6) is -13.4. The fourth-order valence-corrected chi connectivity index (χ4v) is 17.9. The predicted octanol–water partition coefficient (Wildman–Crippen LogP) is 3.44. The summed E-state index contributed by atoms with van der Waals surface area (Å²) in [6.45, 7) is 10.1. The molecule has 4 aliphatic heterocycles. The van der Waals surface area contributed by atoms with Crippen LogP contribution in [0.1, 0.15) is 134 Å². The van der Waals surface area contributed by atoms with E-state index in [0.717, 1.165) is 24.3 Å². The van der Waals surface area contributed by atoms with Crippen molar-refractivity contribution in [1.29, 1.82) is 0 Å². The Morgan fingerprint density at radius 2 is 1.01 bits per heavy atom. The van der Waals surface area contributed by atoms with E-state index < -0.39 is 254 Å². The SMILES string of the molecule is CC[C@@]1(O[C@H]2C[C@H](OC)[C@@H](OC)[C@H](C)O2)[C@H](O[C@@H]2C[C@H](O)[C@@H](N(C)C)[C@H](C)O2)C2=CC3=C(O)c4c(O)ccc(O)c4C(=O)C3=C2C(=O)[C@@H]1[C@H]1C(=O)C2=C(C([NH+]=[N-])c3c(O)c4c(c(O)c32)C(=O)C=CC4=O)[C@@H](O[C@@H]2C[C@H](O)[C@@H](N(C)C)[C@H](C)O2)[C@@]1(CC)O[C@H]1C[C@H](OC)[C@@H](OC)[C@H](C)O1. The largest absolute Gasteiger partial charge is 0.508 e. The number of ether oxygens (including phenoxy) is 12. The molecule has 1 unspecified atom stereocenters. The maximum absolute atomic E-state index is 18.0. The Hall–Kier alpha value is -6.55. The summed E-state index contributed by atoms with van der Waals surface area (Å²) in [6.07, 6.45) is -16.5. The van der Waals surface area contributed by atoms with Crippen molar-refractivity contribution in [3.63, 3.8) is 0 Å². The highest BCUT2D eigenvalue weighted by molar-refractivity contribution is 6.32. The first-order valence-corrected chi connectivity index (χ1v) is 33.2. The van der Waals surface area contributed by atoms with Gasteiger partial charge in [0, 0.05) is 87.6 Å². The second-order valence-corrected chi connectivity index (χ2v) is 27.6. The molecule has 5 fully saturated rings. The molecule has 2 aromatic rings. The molecule has 0 spiro atoms. The molecule has 0 amide bonds. The molecule has 28 nitrogen and oxygen atoms in total. The van der Waals surface area contributed by atoms with E-state index >= 15 is 14.4 Å². The molecule has 23 atom stereocenters. The number of hydrogen-bond donors (Lipinski definition) is 8. The number of hydrogen-bond acceptors (Lipinski definition) is 26. The van der Waals surface area contributed by atoms with Crippen molar-refractivity contribution in [1.82, 2.24) is 9.80 Å². The summed E-state index contributed by atoms with van der Waals surface area (Å²) in [5.41, 5.74) is 1.27. The van der Waals surface area contributed by atoms with Crippen LogP contribution in [0.2, 0.25) is 0 Å². The number of methoxy groups -OCH3 is 4. The number of nitrogens with one attached hydrogen (secondary N) is 1. The van der Waals surface area contributed by atoms with E-state index in [1.54, 1.807) is 79.5 Å². The van der Waals surface area contributed by atoms with Gasteiger partial charge in [-0.25, -0.2) is 0 Å². The third-order valence-electron chi connectivity index (χ3n) is 22.1. The molecular weight excluding hydrogens is 1280 g/mol. The Balaban J connectivity index is 1.21. The monoisotopic (exact) mass is 1370 g/mol. The lowest BCUT2D eigenvalue weighted by molar-refractivity contribution is -0.523. The lowest BCUT2D eigenvalue weighted by Crippen LogP contribution is -2.73. The highest BCUT2D eigenvalue weighted by atomic mass is 16.7. The van der Waals surface area contributed by atoms with Crippen LogP contribution in [0, 0.1) is 11.8 Å². The van der Waals surface area contributed by atoms with Crippen molar-refractivity contribution < 1.29 is 122 Å². The number of likely N-dealkylation sites (N-methyl/N-ethyl adjacent to an activating group) is 2. The number of aromatic hydroxyl groups is 4. The molecule has 0 radical (unpaired) electrons. The summed E-state index contributed by atoms with van der Waals surface area (Å²) >= 11 is 0. The van der Waals surface area contributed by atoms with Crippen LogP contribution < -0.4 is 5.11 Å². The normalized spacial score (nSPS) is 38.5. The van der Waals surface area contributed by atoms with Gasteiger partial charge in [0.05, 0.1) is 101 Å². The van der Waals surface area contributed by atoms with E-state index in [0.29, 0.717) is 0 Å². The van der Waals surface area contributed by atoms with Crippen molar-refractivity contribution in [2.45, 2.75) is 208 Å². The first kappa shape index (κ1) is 71.3. The van der Waals surface area contributed by atoms with Gasteiger partial charge in [-0.15, -0.1) is 0 Å². The number of nitrogens with zero attached hydrogens (tertiary/aromatic N) is 3. The fraction of sp³-hybridized carbons (Fsp3) is 0.614. The Morgan fingerprint density at radius 3 is 1.46 bits per heavy atom. The van der Waals surface area contributed by atoms with Gasteiger partial charge in [0.1, 0.15) is 64.4 Å². The van der Waals surface area contributed by atoms with Crippen molar-refractivity contribution in [3.05, 3.63) is 97.1 Å². The second kappa shape index (κ2) is 26.8. The predicted molar refractivity (Wildman–Crippen MR) is 341 cm³/mol. The van der Waals surface area contributed by atoms with Crippen molar-refractivity contribution >= 4 is 40.2 Å². The van der Waals surface area contributed by atoms with Gasteiger partial charge in [-0.1, -0.05) is 13.8 Å². The van der Waals surface area contributed by atoms with Gasteiger partial charge < -0.3 is 113 Å². The van der Waals surface area contributed by atoms with Crippen LogP contribution in [0.25, 0.3) is 16.9 Å². The molecule has 4 saturated heterocycles. The summed E-state index contributed by atoms with van der Waals surface area (Å²) in [5, 5.41) is 87.7. The maximum Gasteiger partial charge on any atom is 0.199 e. The minimum atomic E-state index is -2.49. The van der Waals surface area contributed by atoms with Gasteiger partial charge in [0.2, 0.25) is 0 Å². The number of carbonyl (C=O) groups excluding carboxylic acids is 5. The quantitative estimate of drug-likeness (QED) is 0.0782. The minimum Gasteiger partial charge on any atom is -0.508 e.